The van der Waals surface area contributed by atoms with Crippen molar-refractivity contribution in [3.05, 3.63) is 47.5 Å². The number of halogens is 1. The highest BCUT2D eigenvalue weighted by Crippen LogP contribution is 2.33. The van der Waals surface area contributed by atoms with E-state index >= 15 is 0 Å². The van der Waals surface area contributed by atoms with Gasteiger partial charge in [0.05, 0.1) is 0 Å². The van der Waals surface area contributed by atoms with E-state index in [1.807, 2.05) is 0 Å². The third-order valence-corrected chi connectivity index (χ3v) is 2.58. The van der Waals surface area contributed by atoms with Crippen molar-refractivity contribution < 1.29 is 14.3 Å². The predicted molar refractivity (Wildman–Crippen MR) is 55.8 cm³/mol. The summed E-state index contributed by atoms with van der Waals surface area (Å²) in [5, 5.41) is 0.628. The van der Waals surface area contributed by atoms with E-state index in [-0.39, 0.29) is 6.61 Å². The Morgan fingerprint density at radius 1 is 1.40 bits per heavy atom. The fourth-order valence-corrected chi connectivity index (χ4v) is 1.59. The molecule has 1 aliphatic rings. The maximum atomic E-state index is 10.9. The fourth-order valence-electron chi connectivity index (χ4n) is 1.47. The molecule has 0 bridgehead atoms. The first-order valence-electron chi connectivity index (χ1n) is 4.42. The lowest BCUT2D eigenvalue weighted by Crippen LogP contribution is -2.25. The summed E-state index contributed by atoms with van der Waals surface area (Å²) in [5.41, 5.74) is -0.0745. The van der Waals surface area contributed by atoms with Crippen molar-refractivity contribution in [2.45, 2.75) is 5.60 Å². The van der Waals surface area contributed by atoms with Crippen LogP contribution in [0.25, 0.3) is 0 Å². The summed E-state index contributed by atoms with van der Waals surface area (Å²) in [7, 11) is 0. The number of hydrogen-bond donors (Lipinski definition) is 0. The van der Waals surface area contributed by atoms with Crippen molar-refractivity contribution >= 4 is 17.8 Å². The summed E-state index contributed by atoms with van der Waals surface area (Å²) in [6.07, 6.45) is 0.881. The highest BCUT2D eigenvalue weighted by Gasteiger charge is 2.41. The largest absolute Gasteiger partial charge is 0.509 e. The zero-order valence-corrected chi connectivity index (χ0v) is 8.66. The van der Waals surface area contributed by atoms with E-state index in [1.165, 1.54) is 0 Å². The minimum atomic E-state index is -0.873. The van der Waals surface area contributed by atoms with Crippen LogP contribution in [-0.4, -0.2) is 12.8 Å². The molecule has 0 aromatic heterocycles. The fraction of sp³-hybridized carbons (Fsp3) is 0.182. The van der Waals surface area contributed by atoms with E-state index in [2.05, 4.69) is 6.58 Å². The number of benzene rings is 1. The van der Waals surface area contributed by atoms with Gasteiger partial charge in [-0.2, -0.15) is 0 Å². The van der Waals surface area contributed by atoms with Crippen LogP contribution >= 0.6 is 11.6 Å². The first-order valence-corrected chi connectivity index (χ1v) is 4.79. The molecule has 1 aromatic rings. The van der Waals surface area contributed by atoms with Gasteiger partial charge in [-0.3, -0.25) is 0 Å². The number of ether oxygens (including phenoxy) is 2. The summed E-state index contributed by atoms with van der Waals surface area (Å²) in [4.78, 5) is 10.9. The van der Waals surface area contributed by atoms with Gasteiger partial charge in [0, 0.05) is 10.6 Å². The van der Waals surface area contributed by atoms with Crippen LogP contribution < -0.4 is 0 Å². The van der Waals surface area contributed by atoms with Crippen LogP contribution in [0.2, 0.25) is 5.02 Å². The van der Waals surface area contributed by atoms with Crippen molar-refractivity contribution in [3.8, 4) is 0 Å². The van der Waals surface area contributed by atoms with Gasteiger partial charge < -0.3 is 9.47 Å². The molecule has 0 aliphatic carbocycles. The molecule has 0 spiro atoms. The molecule has 3 nitrogen and oxygen atoms in total. The maximum absolute atomic E-state index is 10.9. The highest BCUT2D eigenvalue weighted by molar-refractivity contribution is 6.30. The molecule has 1 heterocycles. The third kappa shape index (κ3) is 1.70. The van der Waals surface area contributed by atoms with Crippen molar-refractivity contribution in [1.29, 1.82) is 0 Å². The second-order valence-corrected chi connectivity index (χ2v) is 3.68. The summed E-state index contributed by atoms with van der Waals surface area (Å²) < 4.78 is 9.88. The van der Waals surface area contributed by atoms with E-state index in [0.717, 1.165) is 5.56 Å². The molecular formula is C11H9ClO3. The van der Waals surface area contributed by atoms with Crippen LogP contribution in [0.5, 0.6) is 0 Å². The Bertz CT molecular complexity index is 399. The first kappa shape index (κ1) is 10.1. The number of hydrogen-bond acceptors (Lipinski definition) is 3. The van der Waals surface area contributed by atoms with Gasteiger partial charge in [-0.05, 0) is 18.2 Å². The number of rotatable bonds is 2. The SMILES string of the molecule is C=C[C@@]1(c2ccc(Cl)cc2)COC(=O)O1. The molecule has 0 unspecified atom stereocenters. The molecule has 0 N–H and O–H groups in total. The van der Waals surface area contributed by atoms with Gasteiger partial charge in [0.2, 0.25) is 0 Å². The normalized spacial score (nSPS) is 24.5. The molecule has 0 radical (unpaired) electrons. The van der Waals surface area contributed by atoms with E-state index < -0.39 is 11.8 Å². The van der Waals surface area contributed by atoms with Crippen LogP contribution in [0.1, 0.15) is 5.56 Å². The molecular weight excluding hydrogens is 216 g/mol. The molecule has 1 saturated heterocycles. The molecule has 0 saturated carbocycles. The maximum Gasteiger partial charge on any atom is 0.509 e. The van der Waals surface area contributed by atoms with Crippen LogP contribution in [0, 0.1) is 0 Å². The Morgan fingerprint density at radius 2 is 2.07 bits per heavy atom. The van der Waals surface area contributed by atoms with Gasteiger partial charge in [0.15, 0.2) is 5.60 Å². The minimum Gasteiger partial charge on any atom is -0.429 e. The van der Waals surface area contributed by atoms with Gasteiger partial charge in [-0.1, -0.05) is 30.3 Å². The van der Waals surface area contributed by atoms with Crippen LogP contribution in [-0.2, 0) is 15.1 Å². The van der Waals surface area contributed by atoms with E-state index in [4.69, 9.17) is 21.1 Å². The average Bonchev–Trinajstić information content (AvgIpc) is 2.62. The van der Waals surface area contributed by atoms with Gasteiger partial charge in [0.25, 0.3) is 0 Å². The van der Waals surface area contributed by atoms with Gasteiger partial charge in [0.1, 0.15) is 6.61 Å². The van der Waals surface area contributed by atoms with Gasteiger partial charge in [-0.25, -0.2) is 4.79 Å². The monoisotopic (exact) mass is 224 g/mol. The quantitative estimate of drug-likeness (QED) is 0.572. The average molecular weight is 225 g/mol. The zero-order valence-electron chi connectivity index (χ0n) is 7.90. The molecule has 2 rings (SSSR count). The summed E-state index contributed by atoms with van der Waals surface area (Å²) in [6, 6.07) is 7.03. The third-order valence-electron chi connectivity index (χ3n) is 2.33. The lowest BCUT2D eigenvalue weighted by molar-refractivity contribution is 0.0888. The number of carbonyl (C=O) groups excluding carboxylic acids is 1. The molecule has 1 fully saturated rings. The van der Waals surface area contributed by atoms with Crippen molar-refractivity contribution in [1.82, 2.24) is 0 Å². The lowest BCUT2D eigenvalue weighted by atomic mass is 9.95. The Hall–Kier alpha value is -1.48. The van der Waals surface area contributed by atoms with Crippen LogP contribution in [0.4, 0.5) is 4.79 Å². The van der Waals surface area contributed by atoms with Crippen LogP contribution in [0.15, 0.2) is 36.9 Å². The smallest absolute Gasteiger partial charge is 0.429 e. The van der Waals surface area contributed by atoms with Crippen LogP contribution in [0.3, 0.4) is 0 Å². The standard InChI is InChI=1S/C11H9ClO3/c1-2-11(7-14-10(13)15-11)8-3-5-9(12)6-4-8/h2-6H,1,7H2/t11-/m0/s1. The Morgan fingerprint density at radius 3 is 2.53 bits per heavy atom. The van der Waals surface area contributed by atoms with E-state index in [0.29, 0.717) is 5.02 Å². The molecule has 15 heavy (non-hydrogen) atoms. The highest BCUT2D eigenvalue weighted by atomic mass is 35.5. The Labute approximate surface area is 92.3 Å². The predicted octanol–water partition coefficient (Wildman–Crippen LogP) is 2.89. The molecule has 0 amide bonds. The first-order chi connectivity index (χ1) is 7.16. The molecule has 1 aromatic carbocycles. The van der Waals surface area contributed by atoms with Crippen molar-refractivity contribution in [3.63, 3.8) is 0 Å². The summed E-state index contributed by atoms with van der Waals surface area (Å²) >= 11 is 5.77. The number of cyclic esters (lactones) is 2. The second kappa shape index (κ2) is 3.59. The molecule has 4 heteroatoms. The summed E-state index contributed by atoms with van der Waals surface area (Å²) in [6.45, 7) is 3.81. The Kier molecular flexibility index (Phi) is 2.40. The number of carbonyl (C=O) groups is 1. The lowest BCUT2D eigenvalue weighted by Gasteiger charge is -2.20. The van der Waals surface area contributed by atoms with E-state index in [1.54, 1.807) is 30.3 Å². The zero-order chi connectivity index (χ0) is 10.9. The van der Waals surface area contributed by atoms with Gasteiger partial charge >= 0.3 is 6.16 Å². The Balaban J connectivity index is 2.38. The van der Waals surface area contributed by atoms with Crippen molar-refractivity contribution in [2.24, 2.45) is 0 Å². The van der Waals surface area contributed by atoms with E-state index in [9.17, 15) is 4.79 Å². The minimum absolute atomic E-state index is 0.150. The second-order valence-electron chi connectivity index (χ2n) is 3.24. The van der Waals surface area contributed by atoms with Crippen molar-refractivity contribution in [2.75, 3.05) is 6.61 Å². The molecule has 1 aliphatic heterocycles. The topological polar surface area (TPSA) is 35.5 Å². The van der Waals surface area contributed by atoms with Gasteiger partial charge in [-0.15, -0.1) is 0 Å². The molecule has 1 atom stereocenters. The summed E-state index contributed by atoms with van der Waals surface area (Å²) in [5.74, 6) is 0. The molecule has 78 valence electrons.